The Morgan fingerprint density at radius 2 is 1.83 bits per heavy atom. The molecule has 2 aromatic rings. The van der Waals surface area contributed by atoms with Crippen molar-refractivity contribution in [3.63, 3.8) is 0 Å². The van der Waals surface area contributed by atoms with Gasteiger partial charge in [-0.3, -0.25) is 4.79 Å². The summed E-state index contributed by atoms with van der Waals surface area (Å²) < 4.78 is 27.2. The van der Waals surface area contributed by atoms with Crippen molar-refractivity contribution in [1.82, 2.24) is 9.21 Å². The van der Waals surface area contributed by atoms with Crippen molar-refractivity contribution in [2.75, 3.05) is 19.6 Å². The zero-order chi connectivity index (χ0) is 20.9. The molecule has 152 valence electrons. The van der Waals surface area contributed by atoms with Gasteiger partial charge in [0.25, 0.3) is 0 Å². The smallest absolute Gasteiger partial charge is 0.243 e. The molecule has 1 amide bonds. The van der Waals surface area contributed by atoms with Crippen LogP contribution in [-0.4, -0.2) is 43.2 Å². The van der Waals surface area contributed by atoms with Gasteiger partial charge in [-0.05, 0) is 43.5 Å². The number of hydrogen-bond donors (Lipinski definition) is 0. The van der Waals surface area contributed by atoms with Gasteiger partial charge in [0.2, 0.25) is 15.9 Å². The quantitative estimate of drug-likeness (QED) is 0.732. The van der Waals surface area contributed by atoms with E-state index in [1.807, 2.05) is 48.2 Å². The van der Waals surface area contributed by atoms with Gasteiger partial charge in [-0.1, -0.05) is 36.4 Å². The Morgan fingerprint density at radius 1 is 1.14 bits per heavy atom. The molecular formula is C22H25N3O3S. The first kappa shape index (κ1) is 21.0. The van der Waals surface area contributed by atoms with Gasteiger partial charge in [0.1, 0.15) is 0 Å². The Balaban J connectivity index is 1.64. The third kappa shape index (κ3) is 4.84. The molecule has 2 aromatic carbocycles. The number of piperidine rings is 1. The van der Waals surface area contributed by atoms with Crippen molar-refractivity contribution in [2.45, 2.75) is 31.2 Å². The highest BCUT2D eigenvalue weighted by Gasteiger charge is 2.33. The van der Waals surface area contributed by atoms with Crippen LogP contribution in [0.1, 0.15) is 30.9 Å². The van der Waals surface area contributed by atoms with Crippen molar-refractivity contribution >= 4 is 15.9 Å². The first-order chi connectivity index (χ1) is 14.0. The molecule has 0 spiro atoms. The Morgan fingerprint density at radius 3 is 2.45 bits per heavy atom. The van der Waals surface area contributed by atoms with Crippen LogP contribution in [-0.2, 0) is 21.4 Å². The van der Waals surface area contributed by atoms with E-state index in [2.05, 4.69) is 0 Å². The highest BCUT2D eigenvalue weighted by atomic mass is 32.2. The average Bonchev–Trinajstić information content (AvgIpc) is 2.77. The van der Waals surface area contributed by atoms with E-state index in [0.717, 1.165) is 5.56 Å². The second kappa shape index (κ2) is 9.21. The molecule has 0 unspecified atom stereocenters. The molecule has 7 heteroatoms. The number of sulfonamides is 1. The summed E-state index contributed by atoms with van der Waals surface area (Å²) in [6.07, 6.45) is 1.00. The summed E-state index contributed by atoms with van der Waals surface area (Å²) in [5.74, 6) is -0.0876. The number of benzene rings is 2. The van der Waals surface area contributed by atoms with Crippen molar-refractivity contribution in [2.24, 2.45) is 5.92 Å². The zero-order valence-corrected chi connectivity index (χ0v) is 17.3. The maximum atomic E-state index is 13.0. The Labute approximate surface area is 172 Å². The summed E-state index contributed by atoms with van der Waals surface area (Å²) in [4.78, 5) is 14.9. The molecule has 0 atom stereocenters. The third-order valence-corrected chi connectivity index (χ3v) is 7.21. The molecule has 1 heterocycles. The van der Waals surface area contributed by atoms with Crippen LogP contribution in [0.3, 0.4) is 0 Å². The highest BCUT2D eigenvalue weighted by Crippen LogP contribution is 2.26. The normalized spacial score (nSPS) is 15.6. The van der Waals surface area contributed by atoms with E-state index in [4.69, 9.17) is 5.26 Å². The minimum absolute atomic E-state index is 0.0832. The fraction of sp³-hybridized carbons (Fsp3) is 0.364. The number of carbonyl (C=O) groups excluding carboxylic acids is 1. The number of rotatable bonds is 6. The van der Waals surface area contributed by atoms with Gasteiger partial charge in [0.05, 0.1) is 16.5 Å². The third-order valence-electron chi connectivity index (χ3n) is 5.31. The highest BCUT2D eigenvalue weighted by molar-refractivity contribution is 7.89. The van der Waals surface area contributed by atoms with Crippen molar-refractivity contribution in [3.8, 4) is 6.07 Å². The average molecular weight is 412 g/mol. The van der Waals surface area contributed by atoms with Crippen LogP contribution in [0.15, 0.2) is 59.5 Å². The van der Waals surface area contributed by atoms with E-state index in [1.54, 1.807) is 12.1 Å². The van der Waals surface area contributed by atoms with E-state index in [0.29, 0.717) is 44.6 Å². The second-order valence-electron chi connectivity index (χ2n) is 7.16. The summed E-state index contributed by atoms with van der Waals surface area (Å²) in [6.45, 7) is 3.75. The first-order valence-corrected chi connectivity index (χ1v) is 11.2. The second-order valence-corrected chi connectivity index (χ2v) is 9.09. The number of amides is 1. The van der Waals surface area contributed by atoms with Crippen LogP contribution in [0, 0.1) is 17.2 Å². The van der Waals surface area contributed by atoms with E-state index >= 15 is 0 Å². The Bertz CT molecular complexity index is 991. The van der Waals surface area contributed by atoms with E-state index in [1.165, 1.54) is 16.4 Å². The van der Waals surface area contributed by atoms with E-state index < -0.39 is 10.0 Å². The molecule has 3 rings (SSSR count). The number of nitriles is 1. The monoisotopic (exact) mass is 411 g/mol. The minimum Gasteiger partial charge on any atom is -0.338 e. The molecule has 0 N–H and O–H groups in total. The molecule has 1 saturated heterocycles. The van der Waals surface area contributed by atoms with Gasteiger partial charge >= 0.3 is 0 Å². The van der Waals surface area contributed by atoms with Gasteiger partial charge in [-0.25, -0.2) is 8.42 Å². The van der Waals surface area contributed by atoms with Crippen LogP contribution in [0.25, 0.3) is 0 Å². The molecule has 0 aliphatic carbocycles. The largest absolute Gasteiger partial charge is 0.338 e. The van der Waals surface area contributed by atoms with Gasteiger partial charge in [-0.15, -0.1) is 0 Å². The summed E-state index contributed by atoms with van der Waals surface area (Å²) in [5, 5.41) is 9.01. The lowest BCUT2D eigenvalue weighted by atomic mass is 9.96. The lowest BCUT2D eigenvalue weighted by molar-refractivity contribution is -0.137. The predicted octanol–water partition coefficient (Wildman–Crippen LogP) is 3.01. The van der Waals surface area contributed by atoms with E-state index in [-0.39, 0.29) is 16.7 Å². The van der Waals surface area contributed by atoms with Gasteiger partial charge in [0, 0.05) is 32.1 Å². The van der Waals surface area contributed by atoms with Crippen molar-refractivity contribution in [1.29, 1.82) is 5.26 Å². The molecule has 1 aliphatic rings. The van der Waals surface area contributed by atoms with Gasteiger partial charge < -0.3 is 4.90 Å². The summed E-state index contributed by atoms with van der Waals surface area (Å²) in [6, 6.07) is 17.9. The standard InChI is InChI=1S/C22H25N3O3S/c1-2-24(17-18-7-4-3-5-8-18)22(26)20-11-13-25(14-12-20)29(27,28)21-10-6-9-19(15-21)16-23/h3-10,15,20H,2,11-14,17H2,1H3. The zero-order valence-electron chi connectivity index (χ0n) is 16.5. The Kier molecular flexibility index (Phi) is 6.68. The van der Waals surface area contributed by atoms with Crippen LogP contribution in [0.5, 0.6) is 0 Å². The Hall–Kier alpha value is -2.69. The van der Waals surface area contributed by atoms with Gasteiger partial charge in [0.15, 0.2) is 0 Å². The molecule has 1 aliphatic heterocycles. The lowest BCUT2D eigenvalue weighted by Gasteiger charge is -2.33. The maximum Gasteiger partial charge on any atom is 0.243 e. The number of carbonyl (C=O) groups is 1. The SMILES string of the molecule is CCN(Cc1ccccc1)C(=O)C1CCN(S(=O)(=O)c2cccc(C#N)c2)CC1. The molecule has 0 bridgehead atoms. The predicted molar refractivity (Wildman–Crippen MR) is 110 cm³/mol. The molecular weight excluding hydrogens is 386 g/mol. The van der Waals surface area contributed by atoms with Gasteiger partial charge in [-0.2, -0.15) is 9.57 Å². The van der Waals surface area contributed by atoms with Crippen LogP contribution in [0.2, 0.25) is 0 Å². The molecule has 0 saturated carbocycles. The van der Waals surface area contributed by atoms with Crippen LogP contribution >= 0.6 is 0 Å². The van der Waals surface area contributed by atoms with Crippen LogP contribution in [0.4, 0.5) is 0 Å². The van der Waals surface area contributed by atoms with Crippen molar-refractivity contribution in [3.05, 3.63) is 65.7 Å². The molecule has 0 aromatic heterocycles. The fourth-order valence-electron chi connectivity index (χ4n) is 3.63. The molecule has 29 heavy (non-hydrogen) atoms. The van der Waals surface area contributed by atoms with E-state index in [9.17, 15) is 13.2 Å². The topological polar surface area (TPSA) is 81.5 Å². The number of nitrogens with zero attached hydrogens (tertiary/aromatic N) is 3. The fourth-order valence-corrected chi connectivity index (χ4v) is 5.14. The van der Waals surface area contributed by atoms with Crippen LogP contribution < -0.4 is 0 Å². The summed E-state index contributed by atoms with van der Waals surface area (Å²) in [7, 11) is -3.66. The summed E-state index contributed by atoms with van der Waals surface area (Å²) >= 11 is 0. The van der Waals surface area contributed by atoms with Crippen molar-refractivity contribution < 1.29 is 13.2 Å². The lowest BCUT2D eigenvalue weighted by Crippen LogP contribution is -2.44. The number of hydrogen-bond acceptors (Lipinski definition) is 4. The molecule has 1 fully saturated rings. The molecule has 6 nitrogen and oxygen atoms in total. The summed E-state index contributed by atoms with van der Waals surface area (Å²) in [5.41, 5.74) is 1.40. The molecule has 0 radical (unpaired) electrons. The maximum absolute atomic E-state index is 13.0. The minimum atomic E-state index is -3.66. The first-order valence-electron chi connectivity index (χ1n) is 9.78.